The van der Waals surface area contributed by atoms with E-state index in [9.17, 15) is 9.18 Å². The molecule has 1 fully saturated rings. The quantitative estimate of drug-likeness (QED) is 0.712. The summed E-state index contributed by atoms with van der Waals surface area (Å²) in [5, 5.41) is 16.1. The van der Waals surface area contributed by atoms with Crippen molar-refractivity contribution < 1.29 is 9.18 Å². The summed E-state index contributed by atoms with van der Waals surface area (Å²) in [5.74, 6) is -0.396. The number of aryl methyl sites for hydroxylation is 1. The molecule has 150 valence electrons. The Morgan fingerprint density at radius 3 is 2.63 bits per heavy atom. The molecule has 0 spiro atoms. The molecule has 1 N–H and O–H groups in total. The third kappa shape index (κ3) is 3.37. The Morgan fingerprint density at radius 2 is 1.93 bits per heavy atom. The third-order valence-electron chi connectivity index (χ3n) is 6.10. The van der Waals surface area contributed by atoms with Gasteiger partial charge in [-0.1, -0.05) is 18.2 Å². The van der Waals surface area contributed by atoms with Gasteiger partial charge < -0.3 is 4.90 Å². The number of fused-ring (bicyclic) bond motifs is 1. The minimum Gasteiger partial charge on any atom is -0.332 e. The molecule has 0 aliphatic heterocycles. The first kappa shape index (κ1) is 18.6. The van der Waals surface area contributed by atoms with Crippen LogP contribution in [-0.4, -0.2) is 33.1 Å². The monoisotopic (exact) mass is 400 g/mol. The Hall–Kier alpha value is -3.46. The molecule has 1 amide bonds. The minimum atomic E-state index is -0.439. The third-order valence-corrected chi connectivity index (χ3v) is 6.10. The molecule has 0 saturated heterocycles. The van der Waals surface area contributed by atoms with Gasteiger partial charge in [-0.05, 0) is 67.5 Å². The van der Waals surface area contributed by atoms with Crippen molar-refractivity contribution in [2.45, 2.75) is 44.2 Å². The fourth-order valence-electron chi connectivity index (χ4n) is 4.38. The molecule has 30 heavy (non-hydrogen) atoms. The van der Waals surface area contributed by atoms with E-state index < -0.39 is 5.82 Å². The smallest absolute Gasteiger partial charge is 0.254 e. The van der Waals surface area contributed by atoms with Gasteiger partial charge in [0.05, 0.1) is 17.8 Å². The number of nitrogens with one attached hydrogen (secondary N) is 1. The zero-order chi connectivity index (χ0) is 20.7. The van der Waals surface area contributed by atoms with Crippen LogP contribution >= 0.6 is 0 Å². The Kier molecular flexibility index (Phi) is 4.59. The van der Waals surface area contributed by atoms with Crippen molar-refractivity contribution in [3.63, 3.8) is 0 Å². The standard InChI is InChI=1S/C24H21FN4O/c25-22-11-15(13-26)1-9-21(22)16-2-4-17(5-3-16)24(30)29(19-6-7-19)20-8-10-23-18(12-20)14-27-28-23/h1-5,9,11,14,19-20H,6-8,10,12H2,(H,27,28). The number of halogens is 1. The summed E-state index contributed by atoms with van der Waals surface area (Å²) in [6.07, 6.45) is 6.66. The predicted octanol–water partition coefficient (Wildman–Crippen LogP) is 4.25. The summed E-state index contributed by atoms with van der Waals surface area (Å²) < 4.78 is 14.3. The number of carbonyl (C=O) groups is 1. The number of hydrogen-bond acceptors (Lipinski definition) is 3. The van der Waals surface area contributed by atoms with Crippen LogP contribution in [0.4, 0.5) is 4.39 Å². The second-order valence-corrected chi connectivity index (χ2v) is 8.10. The van der Waals surface area contributed by atoms with Crippen LogP contribution in [0.3, 0.4) is 0 Å². The second-order valence-electron chi connectivity index (χ2n) is 8.10. The van der Waals surface area contributed by atoms with Crippen molar-refractivity contribution in [1.29, 1.82) is 5.26 Å². The number of amides is 1. The molecular weight excluding hydrogens is 379 g/mol. The van der Waals surface area contributed by atoms with Gasteiger partial charge in [0.25, 0.3) is 5.91 Å². The maximum atomic E-state index is 14.3. The topological polar surface area (TPSA) is 72.8 Å². The first-order valence-corrected chi connectivity index (χ1v) is 10.3. The first-order valence-electron chi connectivity index (χ1n) is 10.3. The maximum Gasteiger partial charge on any atom is 0.254 e. The Labute approximate surface area is 174 Å². The summed E-state index contributed by atoms with van der Waals surface area (Å²) in [5.41, 5.74) is 4.41. The van der Waals surface area contributed by atoms with E-state index in [2.05, 4.69) is 15.1 Å². The van der Waals surface area contributed by atoms with E-state index in [1.165, 1.54) is 17.3 Å². The molecule has 2 aliphatic rings. The summed E-state index contributed by atoms with van der Waals surface area (Å²) in [6.45, 7) is 0. The predicted molar refractivity (Wildman–Crippen MR) is 110 cm³/mol. The number of benzene rings is 2. The maximum absolute atomic E-state index is 14.3. The number of nitriles is 1. The lowest BCUT2D eigenvalue weighted by atomic mass is 9.91. The van der Waals surface area contributed by atoms with Gasteiger partial charge in [0.1, 0.15) is 5.82 Å². The molecule has 1 aromatic heterocycles. The van der Waals surface area contributed by atoms with Crippen LogP contribution in [0, 0.1) is 17.1 Å². The van der Waals surface area contributed by atoms with E-state index >= 15 is 0 Å². The van der Waals surface area contributed by atoms with E-state index in [0.717, 1.165) is 32.1 Å². The van der Waals surface area contributed by atoms with Crippen LogP contribution in [-0.2, 0) is 12.8 Å². The summed E-state index contributed by atoms with van der Waals surface area (Å²) in [7, 11) is 0. The molecule has 0 radical (unpaired) electrons. The lowest BCUT2D eigenvalue weighted by Crippen LogP contribution is -2.44. The molecule has 5 nitrogen and oxygen atoms in total. The highest BCUT2D eigenvalue weighted by Gasteiger charge is 2.39. The highest BCUT2D eigenvalue weighted by Crippen LogP contribution is 2.35. The average Bonchev–Trinajstić information content (AvgIpc) is 3.49. The van der Waals surface area contributed by atoms with Crippen molar-refractivity contribution >= 4 is 5.91 Å². The van der Waals surface area contributed by atoms with E-state index in [-0.39, 0.29) is 17.5 Å². The number of nitrogens with zero attached hydrogens (tertiary/aromatic N) is 3. The van der Waals surface area contributed by atoms with Crippen LogP contribution in [0.1, 0.15) is 46.4 Å². The molecule has 1 unspecified atom stereocenters. The SMILES string of the molecule is N#Cc1ccc(-c2ccc(C(=O)N(C3CC3)C3CCc4[nH]ncc4C3)cc2)c(F)c1. The van der Waals surface area contributed by atoms with Crippen molar-refractivity contribution in [3.8, 4) is 17.2 Å². The molecule has 2 aromatic carbocycles. The van der Waals surface area contributed by atoms with Crippen LogP contribution in [0.25, 0.3) is 11.1 Å². The van der Waals surface area contributed by atoms with E-state index in [1.54, 1.807) is 36.4 Å². The summed E-state index contributed by atoms with van der Waals surface area (Å²) in [4.78, 5) is 15.4. The van der Waals surface area contributed by atoms with Crippen LogP contribution < -0.4 is 0 Å². The highest BCUT2D eigenvalue weighted by atomic mass is 19.1. The Morgan fingerprint density at radius 1 is 1.13 bits per heavy atom. The van der Waals surface area contributed by atoms with Gasteiger partial charge in [-0.3, -0.25) is 9.89 Å². The number of aromatic amines is 1. The van der Waals surface area contributed by atoms with Crippen LogP contribution in [0.2, 0.25) is 0 Å². The molecular formula is C24H21FN4O. The van der Waals surface area contributed by atoms with E-state index in [0.29, 0.717) is 22.7 Å². The number of hydrogen-bond donors (Lipinski definition) is 1. The molecule has 2 aliphatic carbocycles. The van der Waals surface area contributed by atoms with Gasteiger partial charge in [0, 0.05) is 28.9 Å². The van der Waals surface area contributed by atoms with Crippen molar-refractivity contribution in [2.24, 2.45) is 0 Å². The highest BCUT2D eigenvalue weighted by molar-refractivity contribution is 5.95. The fraction of sp³-hybridized carbons (Fsp3) is 0.292. The van der Waals surface area contributed by atoms with Gasteiger partial charge >= 0.3 is 0 Å². The lowest BCUT2D eigenvalue weighted by Gasteiger charge is -2.34. The average molecular weight is 400 g/mol. The molecule has 5 rings (SSSR count). The van der Waals surface area contributed by atoms with E-state index in [4.69, 9.17) is 5.26 Å². The lowest BCUT2D eigenvalue weighted by molar-refractivity contribution is 0.0643. The molecule has 3 aromatic rings. The number of aromatic nitrogens is 2. The van der Waals surface area contributed by atoms with Crippen LogP contribution in [0.15, 0.2) is 48.7 Å². The normalized spacial score (nSPS) is 17.8. The molecule has 0 bridgehead atoms. The van der Waals surface area contributed by atoms with Gasteiger partial charge in [-0.15, -0.1) is 0 Å². The molecule has 1 atom stereocenters. The van der Waals surface area contributed by atoms with E-state index in [1.807, 2.05) is 12.3 Å². The largest absolute Gasteiger partial charge is 0.332 e. The van der Waals surface area contributed by atoms with Gasteiger partial charge in [-0.25, -0.2) is 4.39 Å². The van der Waals surface area contributed by atoms with Gasteiger partial charge in [0.2, 0.25) is 0 Å². The summed E-state index contributed by atoms with van der Waals surface area (Å²) >= 11 is 0. The first-order chi connectivity index (χ1) is 14.6. The van der Waals surface area contributed by atoms with Crippen molar-refractivity contribution in [1.82, 2.24) is 15.1 Å². The minimum absolute atomic E-state index is 0.0429. The molecule has 1 heterocycles. The van der Waals surface area contributed by atoms with Gasteiger partial charge in [0.15, 0.2) is 0 Å². The summed E-state index contributed by atoms with van der Waals surface area (Å²) in [6, 6.07) is 14.0. The zero-order valence-electron chi connectivity index (χ0n) is 16.4. The Balaban J connectivity index is 1.38. The Bertz CT molecular complexity index is 1140. The molecule has 1 saturated carbocycles. The van der Waals surface area contributed by atoms with Gasteiger partial charge in [-0.2, -0.15) is 10.4 Å². The van der Waals surface area contributed by atoms with Crippen molar-refractivity contribution in [3.05, 3.63) is 76.9 Å². The fourth-order valence-corrected chi connectivity index (χ4v) is 4.38. The second kappa shape index (κ2) is 7.42. The van der Waals surface area contributed by atoms with Crippen LogP contribution in [0.5, 0.6) is 0 Å². The number of carbonyl (C=O) groups excluding carboxylic acids is 1. The number of rotatable bonds is 4. The zero-order valence-corrected chi connectivity index (χ0v) is 16.4. The van der Waals surface area contributed by atoms with Crippen molar-refractivity contribution in [2.75, 3.05) is 0 Å². The molecule has 6 heteroatoms. The number of H-pyrrole nitrogens is 1.